The van der Waals surface area contributed by atoms with E-state index in [2.05, 4.69) is 10.6 Å². The van der Waals surface area contributed by atoms with Gasteiger partial charge in [-0.2, -0.15) is 0 Å². The first-order chi connectivity index (χ1) is 9.05. The third-order valence-electron chi connectivity index (χ3n) is 2.17. The first-order valence-corrected chi connectivity index (χ1v) is 5.58. The average molecular weight is 264 g/mol. The summed E-state index contributed by atoms with van der Waals surface area (Å²) in [5.74, 6) is 0.510. The lowest BCUT2D eigenvalue weighted by atomic mass is 10.3. The highest BCUT2D eigenvalue weighted by Crippen LogP contribution is 2.17. The lowest BCUT2D eigenvalue weighted by Crippen LogP contribution is -2.22. The number of hydrogen-bond acceptors (Lipinski definition) is 4. The van der Waals surface area contributed by atoms with Crippen LogP contribution in [0.4, 0.5) is 10.5 Å². The number of carbonyl (C=O) groups is 2. The molecule has 1 aromatic carbocycles. The van der Waals surface area contributed by atoms with E-state index in [1.807, 2.05) is 0 Å². The monoisotopic (exact) mass is 264 g/mol. The first-order valence-electron chi connectivity index (χ1n) is 5.58. The van der Waals surface area contributed by atoms with Crippen molar-refractivity contribution in [1.82, 2.24) is 5.32 Å². The Bertz CT molecular complexity index is 497. The second-order valence-corrected chi connectivity index (χ2v) is 3.62. The molecule has 0 aliphatic rings. The minimum absolute atomic E-state index is 0.323. The Balaban J connectivity index is 2.72. The van der Waals surface area contributed by atoms with Crippen molar-refractivity contribution in [2.45, 2.75) is 6.92 Å². The Morgan fingerprint density at radius 3 is 2.68 bits per heavy atom. The van der Waals surface area contributed by atoms with Crippen LogP contribution in [-0.4, -0.2) is 26.2 Å². The summed E-state index contributed by atoms with van der Waals surface area (Å²) in [5.41, 5.74) is 0.520. The Kier molecular flexibility index (Phi) is 5.40. The minimum Gasteiger partial charge on any atom is -0.501 e. The van der Waals surface area contributed by atoms with Gasteiger partial charge in [-0.15, -0.1) is 0 Å². The van der Waals surface area contributed by atoms with E-state index in [-0.39, 0.29) is 5.91 Å². The molecule has 0 aliphatic carbocycles. The molecule has 0 bridgehead atoms. The van der Waals surface area contributed by atoms with Gasteiger partial charge in [-0.3, -0.25) is 4.79 Å². The standard InChI is InChI=1S/C13H16N2O4/c1-9(18-3)7-12(16)15-10-5-4-6-11(8-10)19-13(17)14-2/h4-8H,1-3H3,(H,14,17)(H,15,16)/b9-7-. The second kappa shape index (κ2) is 7.05. The van der Waals surface area contributed by atoms with Crippen LogP contribution >= 0.6 is 0 Å². The smallest absolute Gasteiger partial charge is 0.412 e. The molecule has 2 amide bonds. The number of carbonyl (C=O) groups excluding carboxylic acids is 2. The molecule has 6 nitrogen and oxygen atoms in total. The van der Waals surface area contributed by atoms with Gasteiger partial charge in [0.1, 0.15) is 5.75 Å². The third-order valence-corrected chi connectivity index (χ3v) is 2.17. The van der Waals surface area contributed by atoms with E-state index in [1.165, 1.54) is 20.2 Å². The van der Waals surface area contributed by atoms with Crippen LogP contribution in [0.1, 0.15) is 6.92 Å². The van der Waals surface area contributed by atoms with Crippen molar-refractivity contribution in [2.24, 2.45) is 0 Å². The number of amides is 2. The van der Waals surface area contributed by atoms with Crippen molar-refractivity contribution in [3.63, 3.8) is 0 Å². The van der Waals surface area contributed by atoms with E-state index in [0.717, 1.165) is 0 Å². The van der Waals surface area contributed by atoms with Crippen LogP contribution in [0.3, 0.4) is 0 Å². The van der Waals surface area contributed by atoms with E-state index >= 15 is 0 Å². The number of methoxy groups -OCH3 is 1. The van der Waals surface area contributed by atoms with Gasteiger partial charge in [0.05, 0.1) is 12.9 Å². The van der Waals surface area contributed by atoms with Crippen LogP contribution in [0.25, 0.3) is 0 Å². The molecular weight excluding hydrogens is 248 g/mol. The number of allylic oxidation sites excluding steroid dienone is 1. The quantitative estimate of drug-likeness (QED) is 0.643. The van der Waals surface area contributed by atoms with Crippen LogP contribution < -0.4 is 15.4 Å². The number of hydrogen-bond donors (Lipinski definition) is 2. The van der Waals surface area contributed by atoms with Gasteiger partial charge >= 0.3 is 6.09 Å². The molecule has 0 spiro atoms. The molecule has 0 fully saturated rings. The zero-order valence-corrected chi connectivity index (χ0v) is 11.0. The maximum Gasteiger partial charge on any atom is 0.412 e. The van der Waals surface area contributed by atoms with Crippen LogP contribution in [0.2, 0.25) is 0 Å². The molecule has 0 saturated heterocycles. The fourth-order valence-electron chi connectivity index (χ4n) is 1.22. The van der Waals surface area contributed by atoms with Crippen LogP contribution in [0.5, 0.6) is 5.75 Å². The number of anilines is 1. The summed E-state index contributed by atoms with van der Waals surface area (Å²) in [7, 11) is 2.95. The van der Waals surface area contributed by atoms with Gasteiger partial charge in [0.2, 0.25) is 0 Å². The van der Waals surface area contributed by atoms with Gasteiger partial charge in [-0.05, 0) is 19.1 Å². The molecule has 0 heterocycles. The number of nitrogens with one attached hydrogen (secondary N) is 2. The fourth-order valence-corrected chi connectivity index (χ4v) is 1.22. The maximum absolute atomic E-state index is 11.6. The van der Waals surface area contributed by atoms with Crippen LogP contribution in [0.15, 0.2) is 36.1 Å². The molecule has 2 N–H and O–H groups in total. The first kappa shape index (κ1) is 14.6. The Labute approximate surface area is 111 Å². The molecule has 0 saturated carbocycles. The van der Waals surface area contributed by atoms with Crippen LogP contribution in [-0.2, 0) is 9.53 Å². The summed E-state index contributed by atoms with van der Waals surface area (Å²) < 4.78 is 9.82. The van der Waals surface area contributed by atoms with Crippen molar-refractivity contribution in [2.75, 3.05) is 19.5 Å². The third kappa shape index (κ3) is 5.12. The summed E-state index contributed by atoms with van der Waals surface area (Å²) in [6, 6.07) is 6.51. The summed E-state index contributed by atoms with van der Waals surface area (Å²) in [4.78, 5) is 22.6. The molecular formula is C13H16N2O4. The Hall–Kier alpha value is -2.50. The minimum atomic E-state index is -0.571. The number of ether oxygens (including phenoxy) is 2. The SMILES string of the molecule is CNC(=O)Oc1cccc(NC(=O)/C=C(/C)OC)c1. The van der Waals surface area contributed by atoms with Gasteiger partial charge in [0.25, 0.3) is 5.91 Å². The highest BCUT2D eigenvalue weighted by atomic mass is 16.5. The molecule has 1 rings (SSSR count). The van der Waals surface area contributed by atoms with Gasteiger partial charge in [0, 0.05) is 24.9 Å². The normalized spacial score (nSPS) is 10.6. The molecule has 0 aliphatic heterocycles. The van der Waals surface area contributed by atoms with Crippen molar-refractivity contribution in [3.05, 3.63) is 36.1 Å². The van der Waals surface area contributed by atoms with Crippen molar-refractivity contribution in [1.29, 1.82) is 0 Å². The van der Waals surface area contributed by atoms with Crippen LogP contribution in [0, 0.1) is 0 Å². The topological polar surface area (TPSA) is 76.7 Å². The van der Waals surface area contributed by atoms with E-state index in [0.29, 0.717) is 17.2 Å². The highest BCUT2D eigenvalue weighted by molar-refractivity contribution is 5.99. The van der Waals surface area contributed by atoms with E-state index in [9.17, 15) is 9.59 Å². The highest BCUT2D eigenvalue weighted by Gasteiger charge is 2.04. The van der Waals surface area contributed by atoms with Crippen molar-refractivity contribution in [3.8, 4) is 5.75 Å². The molecule has 19 heavy (non-hydrogen) atoms. The van der Waals surface area contributed by atoms with E-state index in [4.69, 9.17) is 9.47 Å². The summed E-state index contributed by atoms with van der Waals surface area (Å²) in [5, 5.41) is 4.96. The molecule has 1 aromatic rings. The van der Waals surface area contributed by atoms with Gasteiger partial charge < -0.3 is 20.1 Å². The molecule has 0 radical (unpaired) electrons. The summed E-state index contributed by atoms with van der Waals surface area (Å²) in [6.45, 7) is 1.67. The zero-order chi connectivity index (χ0) is 14.3. The zero-order valence-electron chi connectivity index (χ0n) is 11.0. The van der Waals surface area contributed by atoms with Gasteiger partial charge in [0.15, 0.2) is 0 Å². The molecule has 6 heteroatoms. The fraction of sp³-hybridized carbons (Fsp3) is 0.231. The Morgan fingerprint density at radius 1 is 1.32 bits per heavy atom. The summed E-state index contributed by atoms with van der Waals surface area (Å²) in [6.07, 6.45) is 0.755. The molecule has 102 valence electrons. The average Bonchev–Trinajstić information content (AvgIpc) is 2.38. The molecule has 0 unspecified atom stereocenters. The maximum atomic E-state index is 11.6. The predicted molar refractivity (Wildman–Crippen MR) is 70.9 cm³/mol. The van der Waals surface area contributed by atoms with Gasteiger partial charge in [-0.25, -0.2) is 4.79 Å². The second-order valence-electron chi connectivity index (χ2n) is 3.62. The molecule has 0 atom stereocenters. The van der Waals surface area contributed by atoms with E-state index < -0.39 is 6.09 Å². The van der Waals surface area contributed by atoms with Crippen molar-refractivity contribution >= 4 is 17.7 Å². The largest absolute Gasteiger partial charge is 0.501 e. The number of benzene rings is 1. The van der Waals surface area contributed by atoms with E-state index in [1.54, 1.807) is 31.2 Å². The van der Waals surface area contributed by atoms with Gasteiger partial charge in [-0.1, -0.05) is 6.07 Å². The molecule has 0 aromatic heterocycles. The van der Waals surface area contributed by atoms with Crippen molar-refractivity contribution < 1.29 is 19.1 Å². The summed E-state index contributed by atoms with van der Waals surface area (Å²) >= 11 is 0. The predicted octanol–water partition coefficient (Wildman–Crippen LogP) is 1.89. The lowest BCUT2D eigenvalue weighted by Gasteiger charge is -2.06. The number of rotatable bonds is 4. The Morgan fingerprint density at radius 2 is 2.05 bits per heavy atom. The lowest BCUT2D eigenvalue weighted by molar-refractivity contribution is -0.112.